The lowest BCUT2D eigenvalue weighted by molar-refractivity contribution is 0.188. The Morgan fingerprint density at radius 3 is 2.76 bits per heavy atom. The first-order valence-electron chi connectivity index (χ1n) is 8.02. The standard InChI is InChI=1S/C17H25N3O/c1-19-15-7-8-16(19)13-20(12-10-15)17(21)18-11-9-14-5-3-2-4-6-14/h2-6,15-16H,7-13H2,1H3,(H,18,21)/t15-,16+/m1/s1. The van der Waals surface area contributed by atoms with E-state index in [2.05, 4.69) is 29.4 Å². The second-order valence-electron chi connectivity index (χ2n) is 6.25. The Bertz CT molecular complexity index is 476. The third kappa shape index (κ3) is 3.38. The predicted molar refractivity (Wildman–Crippen MR) is 84.3 cm³/mol. The summed E-state index contributed by atoms with van der Waals surface area (Å²) in [6, 6.07) is 11.6. The number of likely N-dealkylation sites (tertiary alicyclic amines) is 1. The van der Waals surface area contributed by atoms with Crippen LogP contribution in [0.3, 0.4) is 0 Å². The van der Waals surface area contributed by atoms with Crippen molar-refractivity contribution in [3.05, 3.63) is 35.9 Å². The van der Waals surface area contributed by atoms with Gasteiger partial charge in [-0.15, -0.1) is 0 Å². The van der Waals surface area contributed by atoms with Gasteiger partial charge in [-0.1, -0.05) is 30.3 Å². The van der Waals surface area contributed by atoms with Gasteiger partial charge in [-0.25, -0.2) is 4.79 Å². The minimum absolute atomic E-state index is 0.104. The topological polar surface area (TPSA) is 35.6 Å². The van der Waals surface area contributed by atoms with Gasteiger partial charge in [-0.3, -0.25) is 4.90 Å². The van der Waals surface area contributed by atoms with Gasteiger partial charge in [-0.2, -0.15) is 0 Å². The molecule has 3 rings (SSSR count). The van der Waals surface area contributed by atoms with E-state index >= 15 is 0 Å². The van der Waals surface area contributed by atoms with Gasteiger partial charge in [0, 0.05) is 31.7 Å². The number of amides is 2. The van der Waals surface area contributed by atoms with Crippen LogP contribution in [-0.2, 0) is 6.42 Å². The van der Waals surface area contributed by atoms with Crippen molar-refractivity contribution >= 4 is 6.03 Å². The second-order valence-corrected chi connectivity index (χ2v) is 6.25. The predicted octanol–water partition coefficient (Wildman–Crippen LogP) is 2.11. The number of hydrogen-bond donors (Lipinski definition) is 1. The van der Waals surface area contributed by atoms with E-state index in [4.69, 9.17) is 0 Å². The van der Waals surface area contributed by atoms with E-state index in [1.54, 1.807) is 0 Å². The summed E-state index contributed by atoms with van der Waals surface area (Å²) < 4.78 is 0. The first-order chi connectivity index (χ1) is 10.2. The van der Waals surface area contributed by atoms with E-state index in [1.807, 2.05) is 23.1 Å². The Morgan fingerprint density at radius 1 is 1.19 bits per heavy atom. The van der Waals surface area contributed by atoms with Crippen molar-refractivity contribution in [3.63, 3.8) is 0 Å². The molecule has 2 aliphatic rings. The Hall–Kier alpha value is -1.55. The fourth-order valence-corrected chi connectivity index (χ4v) is 3.56. The molecule has 2 saturated heterocycles. The van der Waals surface area contributed by atoms with Crippen LogP contribution in [0.4, 0.5) is 4.79 Å². The van der Waals surface area contributed by atoms with Crippen LogP contribution < -0.4 is 5.32 Å². The molecule has 114 valence electrons. The van der Waals surface area contributed by atoms with Crippen LogP contribution in [0.1, 0.15) is 24.8 Å². The third-order valence-corrected chi connectivity index (χ3v) is 4.97. The molecule has 2 aliphatic heterocycles. The van der Waals surface area contributed by atoms with Gasteiger partial charge >= 0.3 is 6.03 Å². The van der Waals surface area contributed by atoms with E-state index in [9.17, 15) is 4.79 Å². The summed E-state index contributed by atoms with van der Waals surface area (Å²) in [7, 11) is 2.21. The van der Waals surface area contributed by atoms with Gasteiger partial charge in [0.05, 0.1) is 0 Å². The molecule has 2 bridgehead atoms. The monoisotopic (exact) mass is 287 g/mol. The summed E-state index contributed by atoms with van der Waals surface area (Å²) in [6.07, 6.45) is 4.53. The number of urea groups is 1. The highest BCUT2D eigenvalue weighted by Gasteiger charge is 2.35. The molecule has 1 aromatic rings. The van der Waals surface area contributed by atoms with Gasteiger partial charge in [0.1, 0.15) is 0 Å². The Labute approximate surface area is 127 Å². The summed E-state index contributed by atoms with van der Waals surface area (Å²) in [4.78, 5) is 16.8. The molecule has 2 amide bonds. The SMILES string of the molecule is CN1[C@@H]2CC[C@H]1CN(C(=O)NCCc1ccccc1)CC2. The van der Waals surface area contributed by atoms with E-state index in [0.717, 1.165) is 25.9 Å². The molecule has 0 saturated carbocycles. The first-order valence-corrected chi connectivity index (χ1v) is 8.02. The molecule has 2 fully saturated rings. The number of carbonyl (C=O) groups excluding carboxylic acids is 1. The van der Waals surface area contributed by atoms with Gasteiger partial charge in [0.2, 0.25) is 0 Å². The smallest absolute Gasteiger partial charge is 0.317 e. The summed E-state index contributed by atoms with van der Waals surface area (Å²) >= 11 is 0. The quantitative estimate of drug-likeness (QED) is 0.924. The fraction of sp³-hybridized carbons (Fsp3) is 0.588. The first kappa shape index (κ1) is 14.4. The molecule has 4 nitrogen and oxygen atoms in total. The molecule has 21 heavy (non-hydrogen) atoms. The number of nitrogens with zero attached hydrogens (tertiary/aromatic N) is 2. The lowest BCUT2D eigenvalue weighted by atomic mass is 10.1. The lowest BCUT2D eigenvalue weighted by Crippen LogP contribution is -2.45. The van der Waals surface area contributed by atoms with Crippen LogP contribution >= 0.6 is 0 Å². The number of hydrogen-bond acceptors (Lipinski definition) is 2. The maximum absolute atomic E-state index is 12.3. The molecule has 2 atom stereocenters. The molecule has 0 radical (unpaired) electrons. The van der Waals surface area contributed by atoms with Crippen LogP contribution in [0.5, 0.6) is 0 Å². The number of likely N-dealkylation sites (N-methyl/N-ethyl adjacent to an activating group) is 1. The fourth-order valence-electron chi connectivity index (χ4n) is 3.56. The van der Waals surface area contributed by atoms with Crippen LogP contribution in [0.2, 0.25) is 0 Å². The number of benzene rings is 1. The number of rotatable bonds is 3. The Balaban J connectivity index is 1.47. The lowest BCUT2D eigenvalue weighted by Gasteiger charge is -2.26. The van der Waals surface area contributed by atoms with Crippen molar-refractivity contribution in [3.8, 4) is 0 Å². The van der Waals surface area contributed by atoms with Crippen LogP contribution in [0, 0.1) is 0 Å². The largest absolute Gasteiger partial charge is 0.338 e. The minimum Gasteiger partial charge on any atom is -0.338 e. The maximum Gasteiger partial charge on any atom is 0.317 e. The molecule has 0 aliphatic carbocycles. The number of fused-ring (bicyclic) bond motifs is 2. The minimum atomic E-state index is 0.104. The van der Waals surface area contributed by atoms with Crippen molar-refractivity contribution in [2.45, 2.75) is 37.8 Å². The number of carbonyl (C=O) groups is 1. The van der Waals surface area contributed by atoms with E-state index in [-0.39, 0.29) is 6.03 Å². The molecule has 1 aromatic carbocycles. The molecule has 0 unspecified atom stereocenters. The van der Waals surface area contributed by atoms with Crippen LogP contribution in [0.15, 0.2) is 30.3 Å². The van der Waals surface area contributed by atoms with Gasteiger partial charge < -0.3 is 10.2 Å². The molecular weight excluding hydrogens is 262 g/mol. The average molecular weight is 287 g/mol. The molecule has 1 N–H and O–H groups in total. The van der Waals surface area contributed by atoms with E-state index < -0.39 is 0 Å². The number of nitrogens with one attached hydrogen (secondary N) is 1. The summed E-state index contributed by atoms with van der Waals surface area (Å²) in [5.74, 6) is 0. The zero-order valence-electron chi connectivity index (χ0n) is 12.8. The van der Waals surface area contributed by atoms with Crippen molar-refractivity contribution < 1.29 is 4.79 Å². The normalized spacial score (nSPS) is 25.7. The summed E-state index contributed by atoms with van der Waals surface area (Å²) in [6.45, 7) is 2.48. The van der Waals surface area contributed by atoms with Gasteiger partial charge in [-0.05, 0) is 38.3 Å². The third-order valence-electron chi connectivity index (χ3n) is 4.97. The molecule has 0 spiro atoms. The van der Waals surface area contributed by atoms with E-state index in [1.165, 1.54) is 18.4 Å². The highest BCUT2D eigenvalue weighted by atomic mass is 16.2. The zero-order chi connectivity index (χ0) is 14.7. The second kappa shape index (κ2) is 6.48. The maximum atomic E-state index is 12.3. The summed E-state index contributed by atoms with van der Waals surface area (Å²) in [5, 5.41) is 3.07. The average Bonchev–Trinajstić information content (AvgIpc) is 2.73. The van der Waals surface area contributed by atoms with E-state index in [0.29, 0.717) is 18.6 Å². The van der Waals surface area contributed by atoms with Crippen molar-refractivity contribution in [1.82, 2.24) is 15.1 Å². The highest BCUT2D eigenvalue weighted by molar-refractivity contribution is 5.74. The molecule has 0 aromatic heterocycles. The molecule has 2 heterocycles. The molecule has 4 heteroatoms. The van der Waals surface area contributed by atoms with Crippen LogP contribution in [-0.4, -0.2) is 54.6 Å². The van der Waals surface area contributed by atoms with Crippen molar-refractivity contribution in [2.24, 2.45) is 0 Å². The van der Waals surface area contributed by atoms with Crippen LogP contribution in [0.25, 0.3) is 0 Å². The van der Waals surface area contributed by atoms with Gasteiger partial charge in [0.25, 0.3) is 0 Å². The zero-order valence-corrected chi connectivity index (χ0v) is 12.8. The highest BCUT2D eigenvalue weighted by Crippen LogP contribution is 2.28. The van der Waals surface area contributed by atoms with Gasteiger partial charge in [0.15, 0.2) is 0 Å². The van der Waals surface area contributed by atoms with Crippen molar-refractivity contribution in [1.29, 1.82) is 0 Å². The van der Waals surface area contributed by atoms with Crippen molar-refractivity contribution in [2.75, 3.05) is 26.7 Å². The Kier molecular flexibility index (Phi) is 4.44. The summed E-state index contributed by atoms with van der Waals surface area (Å²) in [5.41, 5.74) is 1.27. The molecular formula is C17H25N3O. The Morgan fingerprint density at radius 2 is 1.95 bits per heavy atom.